The Labute approximate surface area is 119 Å². The Hall–Kier alpha value is -2.24. The lowest BCUT2D eigenvalue weighted by Gasteiger charge is -2.29. The predicted molar refractivity (Wildman–Crippen MR) is 80.6 cm³/mol. The molecule has 1 aromatic carbocycles. The maximum atomic E-state index is 7.97. The van der Waals surface area contributed by atoms with E-state index in [2.05, 4.69) is 10.6 Å². The molecule has 0 unspecified atom stereocenters. The smallest absolute Gasteiger partial charge is 0.199 e. The van der Waals surface area contributed by atoms with Crippen LogP contribution in [0.1, 0.15) is 19.3 Å². The highest BCUT2D eigenvalue weighted by Gasteiger charge is 2.14. The van der Waals surface area contributed by atoms with Crippen molar-refractivity contribution < 1.29 is 4.74 Å². The van der Waals surface area contributed by atoms with Crippen LogP contribution in [0.3, 0.4) is 0 Å². The number of methoxy groups -OCH3 is 1. The molecule has 0 amide bonds. The third-order valence-corrected chi connectivity index (χ3v) is 3.25. The number of hydrogen-bond acceptors (Lipinski definition) is 3. The highest BCUT2D eigenvalue weighted by Crippen LogP contribution is 2.16. The molecule has 0 bridgehead atoms. The molecule has 6 nitrogen and oxygen atoms in total. The molecule has 1 aliphatic rings. The predicted octanol–water partition coefficient (Wildman–Crippen LogP) is 2.05. The second-order valence-electron chi connectivity index (χ2n) is 4.75. The number of benzene rings is 1. The Morgan fingerprint density at radius 3 is 2.65 bits per heavy atom. The zero-order valence-corrected chi connectivity index (χ0v) is 11.7. The first-order valence-electron chi connectivity index (χ1n) is 6.79. The monoisotopic (exact) mass is 275 g/mol. The van der Waals surface area contributed by atoms with Gasteiger partial charge in [-0.05, 0) is 31.4 Å². The fourth-order valence-corrected chi connectivity index (χ4v) is 2.19. The van der Waals surface area contributed by atoms with Gasteiger partial charge in [-0.25, -0.2) is 0 Å². The van der Waals surface area contributed by atoms with Gasteiger partial charge in [0.2, 0.25) is 0 Å². The van der Waals surface area contributed by atoms with Gasteiger partial charge < -0.3 is 15.0 Å². The van der Waals surface area contributed by atoms with E-state index in [0.29, 0.717) is 0 Å². The molecule has 0 spiro atoms. The minimum atomic E-state index is 0.0915. The van der Waals surface area contributed by atoms with E-state index in [0.717, 1.165) is 37.4 Å². The molecule has 1 fully saturated rings. The van der Waals surface area contributed by atoms with Gasteiger partial charge in [0.05, 0.1) is 7.11 Å². The van der Waals surface area contributed by atoms with E-state index in [9.17, 15) is 0 Å². The van der Waals surface area contributed by atoms with Crippen molar-refractivity contribution in [1.82, 2.24) is 10.2 Å². The minimum absolute atomic E-state index is 0.0915. The summed E-state index contributed by atoms with van der Waals surface area (Å²) in [5.41, 5.74) is 0.758. The molecule has 20 heavy (non-hydrogen) atoms. The summed E-state index contributed by atoms with van der Waals surface area (Å²) >= 11 is 0. The molecule has 1 heterocycles. The van der Waals surface area contributed by atoms with E-state index in [-0.39, 0.29) is 11.9 Å². The van der Waals surface area contributed by atoms with Crippen LogP contribution in [0.25, 0.3) is 0 Å². The molecule has 1 aromatic rings. The lowest BCUT2D eigenvalue weighted by atomic mass is 10.1. The highest BCUT2D eigenvalue weighted by atomic mass is 16.5. The summed E-state index contributed by atoms with van der Waals surface area (Å²) in [7, 11) is 1.61. The van der Waals surface area contributed by atoms with E-state index in [1.165, 1.54) is 6.42 Å². The number of nitrogens with zero attached hydrogens (tertiary/aromatic N) is 1. The van der Waals surface area contributed by atoms with E-state index in [1.54, 1.807) is 13.2 Å². The lowest BCUT2D eigenvalue weighted by Crippen LogP contribution is -2.47. The maximum absolute atomic E-state index is 7.97. The van der Waals surface area contributed by atoms with Crippen LogP contribution in [-0.2, 0) is 0 Å². The second kappa shape index (κ2) is 6.79. The number of ether oxygens (including phenoxy) is 1. The van der Waals surface area contributed by atoms with Crippen molar-refractivity contribution in [3.05, 3.63) is 24.3 Å². The molecule has 0 aliphatic carbocycles. The normalized spacial score (nSPS) is 14.6. The second-order valence-corrected chi connectivity index (χ2v) is 4.75. The third-order valence-electron chi connectivity index (χ3n) is 3.25. The summed E-state index contributed by atoms with van der Waals surface area (Å²) in [6.07, 6.45) is 3.45. The molecule has 2 rings (SSSR count). The summed E-state index contributed by atoms with van der Waals surface area (Å²) in [5.74, 6) is 1.10. The van der Waals surface area contributed by atoms with Crippen LogP contribution in [0.2, 0.25) is 0 Å². The maximum Gasteiger partial charge on any atom is 0.199 e. The molecule has 108 valence electrons. The van der Waals surface area contributed by atoms with Crippen molar-refractivity contribution in [3.8, 4) is 5.75 Å². The van der Waals surface area contributed by atoms with Crippen molar-refractivity contribution in [1.29, 1.82) is 10.8 Å². The van der Waals surface area contributed by atoms with E-state index < -0.39 is 0 Å². The van der Waals surface area contributed by atoms with Gasteiger partial charge in [-0.3, -0.25) is 16.1 Å². The fraction of sp³-hybridized carbons (Fsp3) is 0.429. The summed E-state index contributed by atoms with van der Waals surface area (Å²) in [6, 6.07) is 7.35. The van der Waals surface area contributed by atoms with Gasteiger partial charge in [0.1, 0.15) is 5.75 Å². The Morgan fingerprint density at radius 2 is 1.95 bits per heavy atom. The van der Waals surface area contributed by atoms with Crippen LogP contribution in [0.4, 0.5) is 5.69 Å². The van der Waals surface area contributed by atoms with Crippen LogP contribution in [-0.4, -0.2) is 37.0 Å². The standard InChI is InChI=1S/C14H21N5O/c1-20-12-7-5-6-11(10-12)17-13(15)18-14(16)19-8-3-2-4-9-19/h5-7,10H,2-4,8-9H2,1H3,(H4,15,16,17,18). The van der Waals surface area contributed by atoms with Gasteiger partial charge in [-0.15, -0.1) is 0 Å². The van der Waals surface area contributed by atoms with E-state index in [1.807, 2.05) is 23.1 Å². The average molecular weight is 275 g/mol. The van der Waals surface area contributed by atoms with E-state index in [4.69, 9.17) is 15.6 Å². The van der Waals surface area contributed by atoms with Crippen LogP contribution in [0.5, 0.6) is 5.75 Å². The van der Waals surface area contributed by atoms with Crippen molar-refractivity contribution in [3.63, 3.8) is 0 Å². The van der Waals surface area contributed by atoms with Gasteiger partial charge in [-0.1, -0.05) is 6.07 Å². The van der Waals surface area contributed by atoms with Crippen LogP contribution >= 0.6 is 0 Å². The molecule has 6 heteroatoms. The summed E-state index contributed by atoms with van der Waals surface area (Å²) < 4.78 is 5.13. The number of piperidine rings is 1. The SMILES string of the molecule is COc1cccc(NC(=N)NC(=N)N2CCCCC2)c1. The molecule has 0 radical (unpaired) electrons. The van der Waals surface area contributed by atoms with Crippen LogP contribution in [0, 0.1) is 10.8 Å². The number of anilines is 1. The van der Waals surface area contributed by atoms with Crippen molar-refractivity contribution in [2.75, 3.05) is 25.5 Å². The van der Waals surface area contributed by atoms with Crippen LogP contribution < -0.4 is 15.4 Å². The Balaban J connectivity index is 1.86. The molecule has 4 N–H and O–H groups in total. The number of guanidine groups is 2. The number of nitrogens with one attached hydrogen (secondary N) is 4. The Morgan fingerprint density at radius 1 is 1.20 bits per heavy atom. The van der Waals surface area contributed by atoms with Crippen molar-refractivity contribution >= 4 is 17.6 Å². The average Bonchev–Trinajstić information content (AvgIpc) is 2.48. The molecule has 1 aliphatic heterocycles. The topological polar surface area (TPSA) is 84.2 Å². The van der Waals surface area contributed by atoms with Crippen molar-refractivity contribution in [2.45, 2.75) is 19.3 Å². The molecule has 0 saturated carbocycles. The van der Waals surface area contributed by atoms with E-state index >= 15 is 0 Å². The van der Waals surface area contributed by atoms with Crippen molar-refractivity contribution in [2.24, 2.45) is 0 Å². The van der Waals surface area contributed by atoms with Gasteiger partial charge >= 0.3 is 0 Å². The molecule has 0 aromatic heterocycles. The quantitative estimate of drug-likeness (QED) is 0.491. The van der Waals surface area contributed by atoms with Gasteiger partial charge in [0.25, 0.3) is 0 Å². The number of hydrogen-bond donors (Lipinski definition) is 4. The Bertz CT molecular complexity index is 482. The zero-order chi connectivity index (χ0) is 14.4. The Kier molecular flexibility index (Phi) is 4.81. The summed E-state index contributed by atoms with van der Waals surface area (Å²) in [4.78, 5) is 1.96. The van der Waals surface area contributed by atoms with Gasteiger partial charge in [0.15, 0.2) is 11.9 Å². The fourth-order valence-electron chi connectivity index (χ4n) is 2.19. The summed E-state index contributed by atoms with van der Waals surface area (Å²) in [6.45, 7) is 1.77. The first-order valence-corrected chi connectivity index (χ1v) is 6.79. The lowest BCUT2D eigenvalue weighted by molar-refractivity contribution is 0.334. The largest absolute Gasteiger partial charge is 0.497 e. The molecular formula is C14H21N5O. The zero-order valence-electron chi connectivity index (χ0n) is 11.7. The first-order chi connectivity index (χ1) is 9.69. The number of likely N-dealkylation sites (tertiary alicyclic amines) is 1. The first kappa shape index (κ1) is 14.2. The molecule has 1 saturated heterocycles. The summed E-state index contributed by atoms with van der Waals surface area (Å²) in [5, 5.41) is 21.5. The minimum Gasteiger partial charge on any atom is -0.497 e. The van der Waals surface area contributed by atoms with Gasteiger partial charge in [-0.2, -0.15) is 0 Å². The van der Waals surface area contributed by atoms with Gasteiger partial charge in [0, 0.05) is 24.8 Å². The third kappa shape index (κ3) is 3.88. The highest BCUT2D eigenvalue weighted by molar-refractivity contribution is 6.02. The molecule has 0 atom stereocenters. The number of rotatable bonds is 2. The van der Waals surface area contributed by atoms with Crippen LogP contribution in [0.15, 0.2) is 24.3 Å². The molecular weight excluding hydrogens is 254 g/mol.